The number of benzene rings is 1. The monoisotopic (exact) mass is 235 g/mol. The first-order chi connectivity index (χ1) is 7.88. The van der Waals surface area contributed by atoms with Crippen molar-refractivity contribution >= 4 is 11.9 Å². The minimum atomic E-state index is -0.628. The fourth-order valence-corrected chi connectivity index (χ4v) is 1.08. The van der Waals surface area contributed by atoms with Crippen molar-refractivity contribution in [1.82, 2.24) is 5.43 Å². The number of carbonyl (C=O) groups is 1. The van der Waals surface area contributed by atoms with E-state index in [-0.39, 0.29) is 5.84 Å². The largest absolute Gasteiger partial charge is 0.443 e. The maximum atomic E-state index is 11.3. The first-order valence-electron chi connectivity index (χ1n) is 5.26. The van der Waals surface area contributed by atoms with Crippen molar-refractivity contribution in [3.8, 4) is 0 Å². The molecule has 0 aliphatic rings. The summed E-state index contributed by atoms with van der Waals surface area (Å²) in [5.74, 6) is 0.233. The van der Waals surface area contributed by atoms with Crippen LogP contribution in [0.5, 0.6) is 0 Å². The molecule has 0 aliphatic carbocycles. The molecule has 5 heteroatoms. The molecule has 92 valence electrons. The van der Waals surface area contributed by atoms with Gasteiger partial charge in [0.05, 0.1) is 0 Å². The number of hydrazone groups is 1. The van der Waals surface area contributed by atoms with Crippen LogP contribution in [0.15, 0.2) is 35.4 Å². The molecule has 0 atom stereocenters. The number of nitrogens with zero attached hydrogens (tertiary/aromatic N) is 1. The quantitative estimate of drug-likeness (QED) is 0.466. The smallest absolute Gasteiger partial charge is 0.428 e. The lowest BCUT2D eigenvalue weighted by molar-refractivity contribution is 0.0529. The van der Waals surface area contributed by atoms with E-state index in [1.165, 1.54) is 0 Å². The van der Waals surface area contributed by atoms with Crippen LogP contribution in [0, 0.1) is 0 Å². The minimum absolute atomic E-state index is 0.233. The second-order valence-corrected chi connectivity index (χ2v) is 4.48. The molecule has 0 unspecified atom stereocenters. The molecule has 0 aromatic heterocycles. The van der Waals surface area contributed by atoms with E-state index in [2.05, 4.69) is 10.5 Å². The number of amidine groups is 1. The molecule has 1 rings (SSSR count). The molecule has 0 bridgehead atoms. The van der Waals surface area contributed by atoms with Crippen LogP contribution in [0.25, 0.3) is 0 Å². The van der Waals surface area contributed by atoms with E-state index in [9.17, 15) is 4.79 Å². The lowest BCUT2D eigenvalue weighted by Gasteiger charge is -2.18. The SMILES string of the molecule is CC(C)(C)OC(=O)N/N=C(\N)c1ccccc1. The summed E-state index contributed by atoms with van der Waals surface area (Å²) in [5, 5.41) is 3.75. The molecule has 0 radical (unpaired) electrons. The van der Waals surface area contributed by atoms with Gasteiger partial charge in [-0.05, 0) is 20.8 Å². The van der Waals surface area contributed by atoms with Gasteiger partial charge in [-0.25, -0.2) is 10.2 Å². The first-order valence-corrected chi connectivity index (χ1v) is 5.26. The number of ether oxygens (including phenoxy) is 1. The summed E-state index contributed by atoms with van der Waals surface area (Å²) < 4.78 is 5.01. The molecule has 1 amide bonds. The van der Waals surface area contributed by atoms with Gasteiger partial charge in [0.25, 0.3) is 0 Å². The van der Waals surface area contributed by atoms with Gasteiger partial charge in [-0.3, -0.25) is 0 Å². The zero-order valence-corrected chi connectivity index (χ0v) is 10.2. The second-order valence-electron chi connectivity index (χ2n) is 4.48. The second kappa shape index (κ2) is 5.34. The summed E-state index contributed by atoms with van der Waals surface area (Å²) in [5.41, 5.74) is 8.11. The van der Waals surface area contributed by atoms with Crippen molar-refractivity contribution in [2.24, 2.45) is 10.8 Å². The molecule has 5 nitrogen and oxygen atoms in total. The zero-order valence-electron chi connectivity index (χ0n) is 10.2. The first kappa shape index (κ1) is 13.0. The molecule has 0 saturated carbocycles. The van der Waals surface area contributed by atoms with Crippen molar-refractivity contribution in [2.75, 3.05) is 0 Å². The normalized spacial score (nSPS) is 12.1. The van der Waals surface area contributed by atoms with Crippen LogP contribution >= 0.6 is 0 Å². The van der Waals surface area contributed by atoms with Gasteiger partial charge in [0, 0.05) is 5.56 Å². The number of hydrogen-bond donors (Lipinski definition) is 2. The molecule has 0 fully saturated rings. The van der Waals surface area contributed by atoms with Crippen molar-refractivity contribution < 1.29 is 9.53 Å². The van der Waals surface area contributed by atoms with E-state index in [0.717, 1.165) is 5.56 Å². The van der Waals surface area contributed by atoms with Gasteiger partial charge < -0.3 is 10.5 Å². The highest BCUT2D eigenvalue weighted by molar-refractivity contribution is 5.97. The minimum Gasteiger partial charge on any atom is -0.443 e. The number of nitrogens with one attached hydrogen (secondary N) is 1. The molecular formula is C12H17N3O2. The maximum absolute atomic E-state index is 11.3. The highest BCUT2D eigenvalue weighted by atomic mass is 16.6. The van der Waals surface area contributed by atoms with E-state index in [4.69, 9.17) is 10.5 Å². The molecule has 0 heterocycles. The van der Waals surface area contributed by atoms with Crippen molar-refractivity contribution in [3.63, 3.8) is 0 Å². The van der Waals surface area contributed by atoms with E-state index in [0.29, 0.717) is 0 Å². The van der Waals surface area contributed by atoms with Crippen molar-refractivity contribution in [3.05, 3.63) is 35.9 Å². The Bertz CT molecular complexity index is 408. The van der Waals surface area contributed by atoms with E-state index in [1.54, 1.807) is 32.9 Å². The number of carbonyl (C=O) groups excluding carboxylic acids is 1. The molecule has 0 saturated heterocycles. The fourth-order valence-electron chi connectivity index (χ4n) is 1.08. The van der Waals surface area contributed by atoms with Gasteiger partial charge in [-0.15, -0.1) is 0 Å². The topological polar surface area (TPSA) is 76.7 Å². The number of rotatable bonds is 2. The van der Waals surface area contributed by atoms with Gasteiger partial charge in [-0.2, -0.15) is 5.10 Å². The summed E-state index contributed by atoms with van der Waals surface area (Å²) in [4.78, 5) is 11.3. The predicted octanol–water partition coefficient (Wildman–Crippen LogP) is 1.83. The van der Waals surface area contributed by atoms with E-state index in [1.807, 2.05) is 18.2 Å². The lowest BCUT2D eigenvalue weighted by atomic mass is 10.2. The van der Waals surface area contributed by atoms with Crippen LogP contribution in [0.4, 0.5) is 4.79 Å². The van der Waals surface area contributed by atoms with Gasteiger partial charge in [0.2, 0.25) is 0 Å². The van der Waals surface area contributed by atoms with Crippen LogP contribution in [0.3, 0.4) is 0 Å². The van der Waals surface area contributed by atoms with Crippen LogP contribution in [-0.2, 0) is 4.74 Å². The van der Waals surface area contributed by atoms with Gasteiger partial charge in [0.15, 0.2) is 5.84 Å². The maximum Gasteiger partial charge on any atom is 0.428 e. The van der Waals surface area contributed by atoms with Gasteiger partial charge >= 0.3 is 6.09 Å². The number of nitrogens with two attached hydrogens (primary N) is 1. The summed E-state index contributed by atoms with van der Waals surface area (Å²) in [6.07, 6.45) is -0.628. The van der Waals surface area contributed by atoms with Crippen LogP contribution in [0.1, 0.15) is 26.3 Å². The molecule has 1 aromatic rings. The predicted molar refractivity (Wildman–Crippen MR) is 66.5 cm³/mol. The van der Waals surface area contributed by atoms with Gasteiger partial charge in [0.1, 0.15) is 5.60 Å². The Balaban J connectivity index is 2.57. The summed E-state index contributed by atoms with van der Waals surface area (Å²) in [6.45, 7) is 5.32. The van der Waals surface area contributed by atoms with E-state index < -0.39 is 11.7 Å². The molecule has 17 heavy (non-hydrogen) atoms. The highest BCUT2D eigenvalue weighted by Crippen LogP contribution is 2.06. The summed E-state index contributed by atoms with van der Waals surface area (Å²) >= 11 is 0. The van der Waals surface area contributed by atoms with Crippen molar-refractivity contribution in [2.45, 2.75) is 26.4 Å². The Kier molecular flexibility index (Phi) is 4.09. The van der Waals surface area contributed by atoms with Crippen LogP contribution < -0.4 is 11.2 Å². The third-order valence-electron chi connectivity index (χ3n) is 1.74. The molecule has 3 N–H and O–H groups in total. The van der Waals surface area contributed by atoms with Crippen LogP contribution in [-0.4, -0.2) is 17.5 Å². The molecule has 1 aromatic carbocycles. The zero-order chi connectivity index (χ0) is 12.9. The lowest BCUT2D eigenvalue weighted by Crippen LogP contribution is -2.31. The number of amides is 1. The Morgan fingerprint density at radius 1 is 1.29 bits per heavy atom. The summed E-state index contributed by atoms with van der Waals surface area (Å²) in [7, 11) is 0. The Morgan fingerprint density at radius 2 is 1.88 bits per heavy atom. The Hall–Kier alpha value is -2.04. The highest BCUT2D eigenvalue weighted by Gasteiger charge is 2.15. The third kappa shape index (κ3) is 5.01. The third-order valence-corrected chi connectivity index (χ3v) is 1.74. The van der Waals surface area contributed by atoms with Gasteiger partial charge in [-0.1, -0.05) is 30.3 Å². The molecule has 0 spiro atoms. The fraction of sp³-hybridized carbons (Fsp3) is 0.333. The standard InChI is InChI=1S/C12H17N3O2/c1-12(2,3)17-11(16)15-14-10(13)9-7-5-4-6-8-9/h4-8H,1-3H3,(H2,13,14)(H,15,16). The molecule has 0 aliphatic heterocycles. The van der Waals surface area contributed by atoms with Crippen molar-refractivity contribution in [1.29, 1.82) is 0 Å². The average Bonchev–Trinajstić information content (AvgIpc) is 2.25. The Labute approximate surface area is 101 Å². The average molecular weight is 235 g/mol. The van der Waals surface area contributed by atoms with Crippen LogP contribution in [0.2, 0.25) is 0 Å². The summed E-state index contributed by atoms with van der Waals surface area (Å²) in [6, 6.07) is 9.15. The molecular weight excluding hydrogens is 218 g/mol. The Morgan fingerprint density at radius 3 is 2.41 bits per heavy atom. The van der Waals surface area contributed by atoms with E-state index >= 15 is 0 Å². The number of hydrogen-bond acceptors (Lipinski definition) is 3.